The van der Waals surface area contributed by atoms with E-state index in [0.29, 0.717) is 34.7 Å². The molecule has 0 aliphatic carbocycles. The number of hydrogen-bond donors (Lipinski definition) is 0. The van der Waals surface area contributed by atoms with Crippen molar-refractivity contribution in [3.05, 3.63) is 69.7 Å². The standard InChI is InChI=1S/C21H24ClN3O3S/c1-4-5-14-25(29(27,28)17-12-10-16(22)11-13-17)15(2)20-23-19-9-7-6-8-18(19)21(26)24(20)3/h6-13,15H,4-5,14H2,1-3H3. The molecule has 154 valence electrons. The van der Waals surface area contributed by atoms with E-state index in [-0.39, 0.29) is 10.5 Å². The lowest BCUT2D eigenvalue weighted by Crippen LogP contribution is -2.37. The molecule has 8 heteroatoms. The number of sulfonamides is 1. The molecule has 0 amide bonds. The van der Waals surface area contributed by atoms with Crippen LogP contribution in [0.2, 0.25) is 5.02 Å². The lowest BCUT2D eigenvalue weighted by atomic mass is 10.2. The highest BCUT2D eigenvalue weighted by atomic mass is 35.5. The van der Waals surface area contributed by atoms with Crippen LogP contribution in [-0.2, 0) is 17.1 Å². The van der Waals surface area contributed by atoms with Gasteiger partial charge in [-0.05, 0) is 49.7 Å². The van der Waals surface area contributed by atoms with E-state index < -0.39 is 16.1 Å². The topological polar surface area (TPSA) is 72.3 Å². The Balaban J connectivity index is 2.12. The van der Waals surface area contributed by atoms with Gasteiger partial charge in [0.25, 0.3) is 5.56 Å². The van der Waals surface area contributed by atoms with Crippen molar-refractivity contribution in [2.24, 2.45) is 7.05 Å². The zero-order valence-electron chi connectivity index (χ0n) is 16.7. The average molecular weight is 434 g/mol. The number of fused-ring (bicyclic) bond motifs is 1. The summed E-state index contributed by atoms with van der Waals surface area (Å²) < 4.78 is 29.6. The van der Waals surface area contributed by atoms with Gasteiger partial charge in [-0.3, -0.25) is 9.36 Å². The number of unbranched alkanes of at least 4 members (excludes halogenated alkanes) is 1. The molecule has 2 aromatic carbocycles. The quantitative estimate of drug-likeness (QED) is 0.561. The number of hydrogen-bond acceptors (Lipinski definition) is 4. The monoisotopic (exact) mass is 433 g/mol. The number of rotatable bonds is 7. The van der Waals surface area contributed by atoms with Gasteiger partial charge >= 0.3 is 0 Å². The van der Waals surface area contributed by atoms with E-state index in [4.69, 9.17) is 11.6 Å². The molecule has 1 atom stereocenters. The van der Waals surface area contributed by atoms with Crippen LogP contribution in [0.5, 0.6) is 0 Å². The van der Waals surface area contributed by atoms with Crippen LogP contribution in [0.15, 0.2) is 58.2 Å². The van der Waals surface area contributed by atoms with Gasteiger partial charge in [-0.15, -0.1) is 0 Å². The fourth-order valence-electron chi connectivity index (χ4n) is 3.32. The zero-order valence-corrected chi connectivity index (χ0v) is 18.2. The number of nitrogens with zero attached hydrogens (tertiary/aromatic N) is 3. The molecule has 3 rings (SSSR count). The Bertz CT molecular complexity index is 1170. The summed E-state index contributed by atoms with van der Waals surface area (Å²) >= 11 is 5.92. The van der Waals surface area contributed by atoms with Gasteiger partial charge in [-0.25, -0.2) is 13.4 Å². The van der Waals surface area contributed by atoms with Crippen LogP contribution in [0.25, 0.3) is 10.9 Å². The van der Waals surface area contributed by atoms with Crippen molar-refractivity contribution < 1.29 is 8.42 Å². The van der Waals surface area contributed by atoms with Crippen LogP contribution >= 0.6 is 11.6 Å². The first kappa shape index (κ1) is 21.5. The van der Waals surface area contributed by atoms with Crippen LogP contribution in [-0.4, -0.2) is 28.8 Å². The van der Waals surface area contributed by atoms with Crippen LogP contribution < -0.4 is 5.56 Å². The molecule has 0 bridgehead atoms. The first-order chi connectivity index (χ1) is 13.8. The molecular weight excluding hydrogens is 410 g/mol. The summed E-state index contributed by atoms with van der Waals surface area (Å²) in [5.74, 6) is 0.405. The number of aromatic nitrogens is 2. The van der Waals surface area contributed by atoms with E-state index >= 15 is 0 Å². The minimum Gasteiger partial charge on any atom is -0.298 e. The molecule has 3 aromatic rings. The van der Waals surface area contributed by atoms with Gasteiger partial charge in [-0.2, -0.15) is 4.31 Å². The minimum atomic E-state index is -3.80. The molecule has 1 unspecified atom stereocenters. The number of para-hydroxylation sites is 1. The molecule has 0 saturated heterocycles. The SMILES string of the molecule is CCCCN(C(C)c1nc2ccccc2c(=O)n1C)S(=O)(=O)c1ccc(Cl)cc1. The lowest BCUT2D eigenvalue weighted by Gasteiger charge is -2.29. The third kappa shape index (κ3) is 4.22. The Hall–Kier alpha value is -2.22. The molecule has 1 heterocycles. The van der Waals surface area contributed by atoms with Crippen molar-refractivity contribution in [3.8, 4) is 0 Å². The molecule has 1 aromatic heterocycles. The summed E-state index contributed by atoms with van der Waals surface area (Å²) in [7, 11) is -2.18. The second-order valence-corrected chi connectivity index (χ2v) is 9.28. The van der Waals surface area contributed by atoms with E-state index in [9.17, 15) is 13.2 Å². The minimum absolute atomic E-state index is 0.163. The van der Waals surface area contributed by atoms with Crippen molar-refractivity contribution in [3.63, 3.8) is 0 Å². The van der Waals surface area contributed by atoms with Crippen molar-refractivity contribution in [2.45, 2.75) is 37.6 Å². The van der Waals surface area contributed by atoms with E-state index in [1.165, 1.54) is 21.0 Å². The van der Waals surface area contributed by atoms with Crippen LogP contribution in [0.3, 0.4) is 0 Å². The third-order valence-corrected chi connectivity index (χ3v) is 7.21. The van der Waals surface area contributed by atoms with Crippen molar-refractivity contribution in [1.29, 1.82) is 0 Å². The van der Waals surface area contributed by atoms with Crippen LogP contribution in [0.4, 0.5) is 0 Å². The molecule has 0 aliphatic rings. The Morgan fingerprint density at radius 2 is 1.79 bits per heavy atom. The molecule has 0 spiro atoms. The number of halogens is 1. The van der Waals surface area contributed by atoms with Gasteiger partial charge in [-0.1, -0.05) is 37.1 Å². The molecule has 0 aliphatic heterocycles. The molecule has 29 heavy (non-hydrogen) atoms. The Kier molecular flexibility index (Phi) is 6.41. The summed E-state index contributed by atoms with van der Waals surface area (Å²) in [4.78, 5) is 17.6. The summed E-state index contributed by atoms with van der Waals surface area (Å²) in [6.45, 7) is 4.09. The van der Waals surface area contributed by atoms with Gasteiger partial charge < -0.3 is 0 Å². The highest BCUT2D eigenvalue weighted by Crippen LogP contribution is 2.28. The van der Waals surface area contributed by atoms with Crippen LogP contribution in [0, 0.1) is 0 Å². The van der Waals surface area contributed by atoms with E-state index in [1.54, 1.807) is 44.3 Å². The fraction of sp³-hybridized carbons (Fsp3) is 0.333. The molecule has 6 nitrogen and oxygen atoms in total. The highest BCUT2D eigenvalue weighted by molar-refractivity contribution is 7.89. The number of benzene rings is 2. The zero-order chi connectivity index (χ0) is 21.2. The summed E-state index contributed by atoms with van der Waals surface area (Å²) in [6, 6.07) is 12.6. The fourth-order valence-corrected chi connectivity index (χ4v) is 5.07. The van der Waals surface area contributed by atoms with Crippen molar-refractivity contribution in [1.82, 2.24) is 13.9 Å². The van der Waals surface area contributed by atoms with Gasteiger partial charge in [0.1, 0.15) is 5.82 Å². The first-order valence-electron chi connectivity index (χ1n) is 9.50. The lowest BCUT2D eigenvalue weighted by molar-refractivity contribution is 0.319. The smallest absolute Gasteiger partial charge is 0.261 e. The Labute approximate surface area is 175 Å². The largest absolute Gasteiger partial charge is 0.298 e. The Morgan fingerprint density at radius 3 is 2.45 bits per heavy atom. The predicted molar refractivity (Wildman–Crippen MR) is 116 cm³/mol. The van der Waals surface area contributed by atoms with Gasteiger partial charge in [0.2, 0.25) is 10.0 Å². The molecule has 0 N–H and O–H groups in total. The molecule has 0 saturated carbocycles. The molecule has 0 fully saturated rings. The molecule has 0 radical (unpaired) electrons. The second-order valence-electron chi connectivity index (χ2n) is 6.95. The predicted octanol–water partition coefficient (Wildman–Crippen LogP) is 4.14. The Morgan fingerprint density at radius 1 is 1.14 bits per heavy atom. The third-order valence-electron chi connectivity index (χ3n) is 4.98. The highest BCUT2D eigenvalue weighted by Gasteiger charge is 2.31. The summed E-state index contributed by atoms with van der Waals surface area (Å²) in [5, 5.41) is 0.974. The second kappa shape index (κ2) is 8.65. The van der Waals surface area contributed by atoms with Crippen molar-refractivity contribution >= 4 is 32.5 Å². The first-order valence-corrected chi connectivity index (χ1v) is 11.3. The van der Waals surface area contributed by atoms with E-state index in [2.05, 4.69) is 4.98 Å². The summed E-state index contributed by atoms with van der Waals surface area (Å²) in [5.41, 5.74) is 0.355. The normalized spacial score (nSPS) is 13.1. The van der Waals surface area contributed by atoms with E-state index in [0.717, 1.165) is 6.42 Å². The summed E-state index contributed by atoms with van der Waals surface area (Å²) in [6.07, 6.45) is 1.53. The average Bonchev–Trinajstić information content (AvgIpc) is 2.71. The maximum Gasteiger partial charge on any atom is 0.261 e. The van der Waals surface area contributed by atoms with Crippen molar-refractivity contribution in [2.75, 3.05) is 6.54 Å². The van der Waals surface area contributed by atoms with Gasteiger partial charge in [0, 0.05) is 18.6 Å². The van der Waals surface area contributed by atoms with Gasteiger partial charge in [0.15, 0.2) is 0 Å². The maximum atomic E-state index is 13.4. The maximum absolute atomic E-state index is 13.4. The van der Waals surface area contributed by atoms with Crippen LogP contribution in [0.1, 0.15) is 38.6 Å². The van der Waals surface area contributed by atoms with E-state index in [1.807, 2.05) is 13.0 Å². The van der Waals surface area contributed by atoms with Gasteiger partial charge in [0.05, 0.1) is 21.8 Å². The molecular formula is C21H24ClN3O3S.